The summed E-state index contributed by atoms with van der Waals surface area (Å²) in [7, 11) is 0. The van der Waals surface area contributed by atoms with Crippen molar-refractivity contribution in [3.8, 4) is 0 Å². The quantitative estimate of drug-likeness (QED) is 0.265. The van der Waals surface area contributed by atoms with Crippen LogP contribution in [0.5, 0.6) is 0 Å². The minimum absolute atomic E-state index is 0.114. The highest BCUT2D eigenvalue weighted by Crippen LogP contribution is 2.50. The third kappa shape index (κ3) is 8.25. The summed E-state index contributed by atoms with van der Waals surface area (Å²) in [6.45, 7) is 6.32. The van der Waals surface area contributed by atoms with Gasteiger partial charge in [-0.15, -0.1) is 0 Å². The zero-order valence-corrected chi connectivity index (χ0v) is 29.7. The summed E-state index contributed by atoms with van der Waals surface area (Å²) < 4.78 is 10.9. The fourth-order valence-corrected chi connectivity index (χ4v) is 8.35. The van der Waals surface area contributed by atoms with E-state index in [9.17, 15) is 9.18 Å². The second kappa shape index (κ2) is 14.5. The fraction of sp³-hybridized carbons (Fsp3) is 0.594. The molecule has 3 aliphatic rings. The van der Waals surface area contributed by atoms with Gasteiger partial charge in [-0.2, -0.15) is 0 Å². The van der Waals surface area contributed by atoms with Crippen LogP contribution in [0, 0.1) is 5.82 Å². The van der Waals surface area contributed by atoms with E-state index in [1.54, 1.807) is 17.0 Å². The molecule has 0 aliphatic carbocycles. The van der Waals surface area contributed by atoms with Crippen LogP contribution in [0.1, 0.15) is 67.2 Å². The van der Waals surface area contributed by atoms with Crippen molar-refractivity contribution in [3.05, 3.63) is 69.5 Å². The van der Waals surface area contributed by atoms with Crippen LogP contribution in [0.25, 0.3) is 0 Å². The Bertz CT molecular complexity index is 1300. The van der Waals surface area contributed by atoms with Gasteiger partial charge in [0.05, 0.1) is 6.42 Å². The van der Waals surface area contributed by atoms with E-state index < -0.39 is 18.8 Å². The van der Waals surface area contributed by atoms with Gasteiger partial charge in [0.15, 0.2) is 0 Å². The molecule has 4 nitrogen and oxygen atoms in total. The Hall–Kier alpha value is -0.210. The van der Waals surface area contributed by atoms with Gasteiger partial charge in [0.25, 0.3) is 0 Å². The van der Waals surface area contributed by atoms with E-state index in [1.807, 2.05) is 12.1 Å². The number of likely N-dealkylation sites (tertiary alicyclic amines) is 3. The fourth-order valence-electron chi connectivity index (χ4n) is 7.15. The first-order valence-corrected chi connectivity index (χ1v) is 17.9. The number of carbonyl (C=O) groups excluding carboxylic acids is 1. The standard InChI is InChI=1S/C32H37Cl7FN3O/c33-27-5-4-6-28(40)24(27)20-29(44)43-18-12-30(21-43,22-7-8-25(31(34,35)36)26(19-22)32(37,38)39)11-17-41-15-9-23(10-16-41)42-13-2-1-3-14-42/h4-8,19,23H,1-3,9-18,20-21H2. The SMILES string of the molecule is O=C(Cc1c(F)cccc1Cl)N1CCC(CCN2CCC(N3CCCCC3)CC2)(c2ccc(C(Cl)(Cl)Cl)c(C(Cl)(Cl)Cl)c2)C1. The van der Waals surface area contributed by atoms with Gasteiger partial charge in [-0.3, -0.25) is 4.79 Å². The Balaban J connectivity index is 1.37. The largest absolute Gasteiger partial charge is 0.341 e. The predicted molar refractivity (Wildman–Crippen MR) is 182 cm³/mol. The molecule has 0 radical (unpaired) electrons. The monoisotopic (exact) mass is 743 g/mol. The molecule has 3 fully saturated rings. The number of amides is 1. The van der Waals surface area contributed by atoms with E-state index in [2.05, 4.69) is 9.80 Å². The lowest BCUT2D eigenvalue weighted by Gasteiger charge is -2.41. The molecule has 0 saturated carbocycles. The van der Waals surface area contributed by atoms with E-state index >= 15 is 0 Å². The molecule has 0 bridgehead atoms. The third-order valence-electron chi connectivity index (χ3n) is 9.71. The van der Waals surface area contributed by atoms with Crippen molar-refractivity contribution in [2.75, 3.05) is 45.8 Å². The highest BCUT2D eigenvalue weighted by atomic mass is 35.6. The Morgan fingerprint density at radius 2 is 1.57 bits per heavy atom. The molecule has 3 aliphatic heterocycles. The summed E-state index contributed by atoms with van der Waals surface area (Å²) in [5.41, 5.74) is 1.28. The number of rotatable bonds is 7. The second-order valence-corrected chi connectivity index (χ2v) is 17.4. The Morgan fingerprint density at radius 1 is 0.886 bits per heavy atom. The lowest BCUT2D eigenvalue weighted by atomic mass is 9.75. The first-order valence-electron chi connectivity index (χ1n) is 15.2. The minimum Gasteiger partial charge on any atom is -0.341 e. The van der Waals surface area contributed by atoms with Gasteiger partial charge in [-0.1, -0.05) is 112 Å². The van der Waals surface area contributed by atoms with Crippen LogP contribution in [0.2, 0.25) is 5.02 Å². The molecule has 0 spiro atoms. The summed E-state index contributed by atoms with van der Waals surface area (Å²) in [6, 6.07) is 10.5. The van der Waals surface area contributed by atoms with Crippen molar-refractivity contribution < 1.29 is 9.18 Å². The van der Waals surface area contributed by atoms with Crippen molar-refractivity contribution >= 4 is 87.1 Å². The number of halogens is 8. The zero-order valence-electron chi connectivity index (χ0n) is 24.4. The molecule has 1 atom stereocenters. The number of hydrogen-bond donors (Lipinski definition) is 0. The maximum atomic E-state index is 14.5. The first kappa shape index (κ1) is 35.1. The molecular weight excluding hydrogens is 710 g/mol. The molecule has 3 heterocycles. The van der Waals surface area contributed by atoms with Crippen molar-refractivity contribution in [1.29, 1.82) is 0 Å². The van der Waals surface area contributed by atoms with Crippen LogP contribution < -0.4 is 0 Å². The van der Waals surface area contributed by atoms with E-state index in [1.165, 1.54) is 44.5 Å². The van der Waals surface area contributed by atoms with Crippen LogP contribution in [0.15, 0.2) is 36.4 Å². The van der Waals surface area contributed by atoms with E-state index in [0.717, 1.165) is 44.5 Å². The molecule has 2 aromatic carbocycles. The average Bonchev–Trinajstić information content (AvgIpc) is 3.43. The molecule has 0 aromatic heterocycles. The Morgan fingerprint density at radius 3 is 2.20 bits per heavy atom. The lowest BCUT2D eigenvalue weighted by molar-refractivity contribution is -0.129. The van der Waals surface area contributed by atoms with E-state index in [4.69, 9.17) is 81.2 Å². The normalized spacial score (nSPS) is 23.0. The van der Waals surface area contributed by atoms with Gasteiger partial charge >= 0.3 is 0 Å². The van der Waals surface area contributed by atoms with Crippen molar-refractivity contribution in [1.82, 2.24) is 14.7 Å². The molecule has 3 saturated heterocycles. The Kier molecular flexibility index (Phi) is 11.6. The number of nitrogens with zero attached hydrogens (tertiary/aromatic N) is 3. The number of hydrogen-bond acceptors (Lipinski definition) is 3. The smallest absolute Gasteiger partial charge is 0.227 e. The molecule has 12 heteroatoms. The van der Waals surface area contributed by atoms with Crippen molar-refractivity contribution in [2.45, 2.75) is 70.4 Å². The van der Waals surface area contributed by atoms with Gasteiger partial charge < -0.3 is 14.7 Å². The maximum Gasteiger partial charge on any atom is 0.227 e. The van der Waals surface area contributed by atoms with Crippen molar-refractivity contribution in [2.24, 2.45) is 0 Å². The van der Waals surface area contributed by atoms with E-state index in [0.29, 0.717) is 36.7 Å². The molecular formula is C32H37Cl7FN3O. The lowest BCUT2D eigenvalue weighted by Crippen LogP contribution is -2.47. The zero-order chi connectivity index (χ0) is 31.7. The summed E-state index contributed by atoms with van der Waals surface area (Å²) in [5, 5.41) is 0.242. The summed E-state index contributed by atoms with van der Waals surface area (Å²) in [4.78, 5) is 20.5. The van der Waals surface area contributed by atoms with Gasteiger partial charge in [0.1, 0.15) is 5.82 Å². The molecule has 1 unspecified atom stereocenters. The van der Waals surface area contributed by atoms with Crippen LogP contribution in [-0.2, 0) is 24.2 Å². The number of benzene rings is 2. The molecule has 242 valence electrons. The Labute approximate surface area is 294 Å². The molecule has 2 aromatic rings. The average molecular weight is 747 g/mol. The van der Waals surface area contributed by atoms with Gasteiger partial charge in [0.2, 0.25) is 13.5 Å². The second-order valence-electron chi connectivity index (χ2n) is 12.4. The molecule has 1 amide bonds. The van der Waals surface area contributed by atoms with Gasteiger partial charge in [-0.05, 0) is 88.9 Å². The third-order valence-corrected chi connectivity index (χ3v) is 11.3. The maximum absolute atomic E-state index is 14.5. The van der Waals surface area contributed by atoms with Crippen LogP contribution in [0.3, 0.4) is 0 Å². The topological polar surface area (TPSA) is 26.8 Å². The summed E-state index contributed by atoms with van der Waals surface area (Å²) in [6.07, 6.45) is 7.64. The predicted octanol–water partition coefficient (Wildman–Crippen LogP) is 9.19. The van der Waals surface area contributed by atoms with E-state index in [-0.39, 0.29) is 22.9 Å². The van der Waals surface area contributed by atoms with Gasteiger partial charge in [-0.25, -0.2) is 4.39 Å². The number of alkyl halides is 6. The minimum atomic E-state index is -1.83. The van der Waals surface area contributed by atoms with Crippen LogP contribution >= 0.6 is 81.2 Å². The van der Waals surface area contributed by atoms with Crippen LogP contribution in [-0.4, -0.2) is 72.5 Å². The highest BCUT2D eigenvalue weighted by Gasteiger charge is 2.44. The molecule has 0 N–H and O–H groups in total. The number of carbonyl (C=O) groups is 1. The first-order chi connectivity index (χ1) is 20.8. The highest BCUT2D eigenvalue weighted by molar-refractivity contribution is 6.69. The summed E-state index contributed by atoms with van der Waals surface area (Å²) in [5.74, 6) is -0.667. The summed E-state index contributed by atoms with van der Waals surface area (Å²) >= 11 is 44.2. The number of piperidine rings is 2. The molecule has 44 heavy (non-hydrogen) atoms. The molecule has 5 rings (SSSR count). The van der Waals surface area contributed by atoms with Gasteiger partial charge in [0, 0.05) is 46.3 Å². The van der Waals surface area contributed by atoms with Crippen molar-refractivity contribution in [3.63, 3.8) is 0 Å². The van der Waals surface area contributed by atoms with Crippen LogP contribution in [0.4, 0.5) is 4.39 Å².